The number of nitriles is 1. The Morgan fingerprint density at radius 1 is 1.31 bits per heavy atom. The lowest BCUT2D eigenvalue weighted by Gasteiger charge is -2.36. The van der Waals surface area contributed by atoms with Crippen molar-refractivity contribution < 1.29 is 13.2 Å². The zero-order valence-corrected chi connectivity index (χ0v) is 15.7. The van der Waals surface area contributed by atoms with Crippen LogP contribution in [0.15, 0.2) is 47.4 Å². The van der Waals surface area contributed by atoms with Crippen LogP contribution in [0.25, 0.3) is 0 Å². The van der Waals surface area contributed by atoms with Crippen LogP contribution in [0.5, 0.6) is 5.75 Å². The Balaban J connectivity index is 2.04. The molecular weight excluding hydrogens is 374 g/mol. The van der Waals surface area contributed by atoms with E-state index in [1.807, 2.05) is 30.3 Å². The molecule has 0 saturated carbocycles. The van der Waals surface area contributed by atoms with Crippen LogP contribution in [-0.2, 0) is 10.0 Å². The van der Waals surface area contributed by atoms with E-state index in [9.17, 15) is 8.42 Å². The highest BCUT2D eigenvalue weighted by Gasteiger charge is 2.35. The molecule has 1 unspecified atom stereocenters. The second-order valence-corrected chi connectivity index (χ2v) is 8.13. The van der Waals surface area contributed by atoms with E-state index in [0.717, 1.165) is 5.56 Å². The van der Waals surface area contributed by atoms with Gasteiger partial charge in [0.2, 0.25) is 10.0 Å². The standard InChI is InChI=1S/C18H18ClN3O3S/c1-25-18-5-3-2-4-15(18)17-12-21-8-9-22(17)26(23,24)14-7-6-13(11-20)16(19)10-14/h2-7,10,17,21H,8-9,12H2,1H3. The summed E-state index contributed by atoms with van der Waals surface area (Å²) in [6, 6.07) is 13.1. The van der Waals surface area contributed by atoms with Crippen molar-refractivity contribution in [3.63, 3.8) is 0 Å². The average molecular weight is 392 g/mol. The van der Waals surface area contributed by atoms with Gasteiger partial charge in [-0.15, -0.1) is 0 Å². The van der Waals surface area contributed by atoms with E-state index in [2.05, 4.69) is 5.32 Å². The fourth-order valence-corrected chi connectivity index (χ4v) is 4.98. The molecule has 0 bridgehead atoms. The van der Waals surface area contributed by atoms with Crippen LogP contribution in [-0.4, -0.2) is 39.5 Å². The second kappa shape index (κ2) is 7.64. The molecule has 0 aromatic heterocycles. The zero-order valence-electron chi connectivity index (χ0n) is 14.1. The first kappa shape index (κ1) is 18.7. The molecule has 0 spiro atoms. The molecule has 1 fully saturated rings. The number of para-hydroxylation sites is 1. The predicted molar refractivity (Wildman–Crippen MR) is 98.7 cm³/mol. The van der Waals surface area contributed by atoms with E-state index in [-0.39, 0.29) is 15.5 Å². The third kappa shape index (κ3) is 3.41. The van der Waals surface area contributed by atoms with Gasteiger partial charge in [-0.2, -0.15) is 9.57 Å². The number of piperazine rings is 1. The van der Waals surface area contributed by atoms with Crippen LogP contribution in [0.3, 0.4) is 0 Å². The molecule has 8 heteroatoms. The van der Waals surface area contributed by atoms with Gasteiger partial charge < -0.3 is 10.1 Å². The van der Waals surface area contributed by atoms with Gasteiger partial charge in [0, 0.05) is 25.2 Å². The summed E-state index contributed by atoms with van der Waals surface area (Å²) >= 11 is 6.04. The number of hydrogen-bond acceptors (Lipinski definition) is 5. The van der Waals surface area contributed by atoms with Gasteiger partial charge in [0.05, 0.1) is 28.6 Å². The number of halogens is 1. The first-order valence-electron chi connectivity index (χ1n) is 8.04. The van der Waals surface area contributed by atoms with E-state index >= 15 is 0 Å². The minimum atomic E-state index is -3.79. The Morgan fingerprint density at radius 3 is 2.77 bits per heavy atom. The third-order valence-electron chi connectivity index (χ3n) is 4.36. The first-order valence-corrected chi connectivity index (χ1v) is 9.86. The topological polar surface area (TPSA) is 82.4 Å². The van der Waals surface area contributed by atoms with E-state index in [0.29, 0.717) is 25.4 Å². The largest absolute Gasteiger partial charge is 0.496 e. The van der Waals surface area contributed by atoms with Crippen molar-refractivity contribution in [2.24, 2.45) is 0 Å². The van der Waals surface area contributed by atoms with Gasteiger partial charge in [0.1, 0.15) is 11.8 Å². The molecule has 0 radical (unpaired) electrons. The van der Waals surface area contributed by atoms with Crippen molar-refractivity contribution in [2.75, 3.05) is 26.7 Å². The van der Waals surface area contributed by atoms with Crippen LogP contribution in [0.4, 0.5) is 0 Å². The van der Waals surface area contributed by atoms with Crippen molar-refractivity contribution in [3.8, 4) is 11.8 Å². The van der Waals surface area contributed by atoms with Crippen LogP contribution >= 0.6 is 11.6 Å². The normalized spacial score (nSPS) is 18.3. The molecule has 6 nitrogen and oxygen atoms in total. The van der Waals surface area contributed by atoms with E-state index < -0.39 is 16.1 Å². The molecule has 0 aliphatic carbocycles. The molecule has 26 heavy (non-hydrogen) atoms. The van der Waals surface area contributed by atoms with Crippen molar-refractivity contribution in [3.05, 3.63) is 58.6 Å². The fraction of sp³-hybridized carbons (Fsp3) is 0.278. The summed E-state index contributed by atoms with van der Waals surface area (Å²) in [5, 5.41) is 12.4. The SMILES string of the molecule is COc1ccccc1C1CNCCN1S(=O)(=O)c1ccc(C#N)c(Cl)c1. The number of rotatable bonds is 4. The van der Waals surface area contributed by atoms with Crippen LogP contribution in [0.1, 0.15) is 17.2 Å². The number of sulfonamides is 1. The predicted octanol–water partition coefficient (Wildman–Crippen LogP) is 2.56. The lowest BCUT2D eigenvalue weighted by molar-refractivity contribution is 0.264. The molecule has 3 rings (SSSR count). The highest BCUT2D eigenvalue weighted by Crippen LogP contribution is 2.34. The van der Waals surface area contributed by atoms with Gasteiger partial charge in [-0.25, -0.2) is 8.42 Å². The maximum absolute atomic E-state index is 13.2. The molecule has 2 aromatic carbocycles. The number of nitrogens with one attached hydrogen (secondary N) is 1. The van der Waals surface area contributed by atoms with E-state index in [1.54, 1.807) is 7.11 Å². The Hall–Kier alpha value is -2.11. The highest BCUT2D eigenvalue weighted by atomic mass is 35.5. The Kier molecular flexibility index (Phi) is 5.49. The van der Waals surface area contributed by atoms with Gasteiger partial charge in [0.25, 0.3) is 0 Å². The quantitative estimate of drug-likeness (QED) is 0.866. The van der Waals surface area contributed by atoms with E-state index in [4.69, 9.17) is 21.6 Å². The molecule has 1 aliphatic rings. The Labute approximate surface area is 158 Å². The average Bonchev–Trinajstić information content (AvgIpc) is 2.67. The number of benzene rings is 2. The zero-order chi connectivity index (χ0) is 18.7. The Bertz CT molecular complexity index is 956. The summed E-state index contributed by atoms with van der Waals surface area (Å²) in [4.78, 5) is 0.0725. The molecular formula is C18H18ClN3O3S. The summed E-state index contributed by atoms with van der Waals surface area (Å²) in [6.45, 7) is 1.35. The van der Waals surface area contributed by atoms with Crippen LogP contribution < -0.4 is 10.1 Å². The van der Waals surface area contributed by atoms with Crippen LogP contribution in [0.2, 0.25) is 5.02 Å². The molecule has 1 aliphatic heterocycles. The van der Waals surface area contributed by atoms with E-state index in [1.165, 1.54) is 22.5 Å². The first-order chi connectivity index (χ1) is 12.5. The maximum atomic E-state index is 13.2. The van der Waals surface area contributed by atoms with Gasteiger partial charge in [-0.1, -0.05) is 29.8 Å². The second-order valence-electron chi connectivity index (χ2n) is 5.83. The Morgan fingerprint density at radius 2 is 2.08 bits per heavy atom. The van der Waals surface area contributed by atoms with Gasteiger partial charge in [-0.05, 0) is 24.3 Å². The smallest absolute Gasteiger partial charge is 0.243 e. The van der Waals surface area contributed by atoms with Crippen molar-refractivity contribution in [2.45, 2.75) is 10.9 Å². The third-order valence-corrected chi connectivity index (χ3v) is 6.58. The summed E-state index contributed by atoms with van der Waals surface area (Å²) in [7, 11) is -2.22. The molecule has 1 heterocycles. The van der Waals surface area contributed by atoms with Crippen molar-refractivity contribution in [1.82, 2.24) is 9.62 Å². The van der Waals surface area contributed by atoms with Crippen molar-refractivity contribution >= 4 is 21.6 Å². The minimum absolute atomic E-state index is 0.0725. The number of methoxy groups -OCH3 is 1. The molecule has 1 atom stereocenters. The summed E-state index contributed by atoms with van der Waals surface area (Å²) in [5.41, 5.74) is 1.04. The highest BCUT2D eigenvalue weighted by molar-refractivity contribution is 7.89. The maximum Gasteiger partial charge on any atom is 0.243 e. The minimum Gasteiger partial charge on any atom is -0.496 e. The lowest BCUT2D eigenvalue weighted by atomic mass is 10.0. The van der Waals surface area contributed by atoms with Gasteiger partial charge in [0.15, 0.2) is 0 Å². The summed E-state index contributed by atoms with van der Waals surface area (Å²) < 4.78 is 33.3. The lowest BCUT2D eigenvalue weighted by Crippen LogP contribution is -2.48. The van der Waals surface area contributed by atoms with Crippen LogP contribution in [0, 0.1) is 11.3 Å². The fourth-order valence-electron chi connectivity index (χ4n) is 3.06. The monoisotopic (exact) mass is 391 g/mol. The number of nitrogens with zero attached hydrogens (tertiary/aromatic N) is 2. The molecule has 1 saturated heterocycles. The summed E-state index contributed by atoms with van der Waals surface area (Å²) in [5.74, 6) is 0.638. The number of ether oxygens (including phenoxy) is 1. The molecule has 1 N–H and O–H groups in total. The molecule has 0 amide bonds. The molecule has 136 valence electrons. The number of hydrogen-bond donors (Lipinski definition) is 1. The van der Waals surface area contributed by atoms with Crippen molar-refractivity contribution in [1.29, 1.82) is 5.26 Å². The van der Waals surface area contributed by atoms with Gasteiger partial charge in [-0.3, -0.25) is 0 Å². The van der Waals surface area contributed by atoms with Gasteiger partial charge >= 0.3 is 0 Å². The molecule has 2 aromatic rings. The summed E-state index contributed by atoms with van der Waals surface area (Å²) in [6.07, 6.45) is 0.